The smallest absolute Gasteiger partial charge is 0.324 e. The molecule has 166 valence electrons. The zero-order valence-corrected chi connectivity index (χ0v) is 17.7. The van der Waals surface area contributed by atoms with Gasteiger partial charge in [-0.1, -0.05) is 32.0 Å². The zero-order valence-electron chi connectivity index (χ0n) is 16.8. The quantitative estimate of drug-likeness (QED) is 0.590. The van der Waals surface area contributed by atoms with E-state index in [0.717, 1.165) is 4.57 Å². The maximum absolute atomic E-state index is 13.4. The molecule has 0 spiro atoms. The van der Waals surface area contributed by atoms with Crippen molar-refractivity contribution in [3.05, 3.63) is 54.4 Å². The first kappa shape index (κ1) is 22.8. The van der Waals surface area contributed by atoms with Gasteiger partial charge >= 0.3 is 6.18 Å². The van der Waals surface area contributed by atoms with Crippen LogP contribution in [0.5, 0.6) is 0 Å². The molecule has 0 radical (unpaired) electrons. The number of nitrogens with one attached hydrogen (secondary N) is 1. The number of nitrogens with zero attached hydrogens (tertiary/aromatic N) is 3. The van der Waals surface area contributed by atoms with Gasteiger partial charge in [0.15, 0.2) is 0 Å². The van der Waals surface area contributed by atoms with Crippen LogP contribution in [0.25, 0.3) is 11.0 Å². The molecule has 1 aromatic heterocycles. The third-order valence-corrected chi connectivity index (χ3v) is 6.72. The Bertz CT molecular complexity index is 1200. The maximum atomic E-state index is 13.4. The Balaban J connectivity index is 1.88. The number of carbonyl (C=O) groups is 1. The van der Waals surface area contributed by atoms with Crippen molar-refractivity contribution in [2.75, 3.05) is 18.4 Å². The molecule has 0 atom stereocenters. The molecule has 7 nitrogen and oxygen atoms in total. The maximum Gasteiger partial charge on any atom is 0.449 e. The number of hydrogen-bond acceptors (Lipinski definition) is 4. The third-order valence-electron chi connectivity index (χ3n) is 4.67. The van der Waals surface area contributed by atoms with Crippen molar-refractivity contribution in [2.24, 2.45) is 0 Å². The first-order valence-corrected chi connectivity index (χ1v) is 10.9. The number of amides is 1. The molecule has 0 unspecified atom stereocenters. The summed E-state index contributed by atoms with van der Waals surface area (Å²) in [5.74, 6) is -1.92. The number of alkyl halides is 3. The minimum atomic E-state index is -4.74. The molecule has 1 heterocycles. The van der Waals surface area contributed by atoms with Gasteiger partial charge in [-0.3, -0.25) is 4.79 Å². The molecule has 0 bridgehead atoms. The van der Waals surface area contributed by atoms with Crippen LogP contribution in [0.3, 0.4) is 0 Å². The van der Waals surface area contributed by atoms with Crippen LogP contribution in [0, 0.1) is 0 Å². The largest absolute Gasteiger partial charge is 0.449 e. The Labute approximate surface area is 177 Å². The minimum Gasteiger partial charge on any atom is -0.324 e. The Kier molecular flexibility index (Phi) is 6.37. The zero-order chi connectivity index (χ0) is 22.8. The number of anilines is 1. The lowest BCUT2D eigenvalue weighted by Crippen LogP contribution is -2.30. The summed E-state index contributed by atoms with van der Waals surface area (Å²) in [6, 6.07) is 11.6. The van der Waals surface area contributed by atoms with E-state index in [4.69, 9.17) is 0 Å². The van der Waals surface area contributed by atoms with Crippen LogP contribution in [0.2, 0.25) is 0 Å². The van der Waals surface area contributed by atoms with Crippen LogP contribution in [-0.2, 0) is 27.5 Å². The van der Waals surface area contributed by atoms with Gasteiger partial charge in [0.1, 0.15) is 6.54 Å². The van der Waals surface area contributed by atoms with Crippen LogP contribution < -0.4 is 5.32 Å². The van der Waals surface area contributed by atoms with E-state index in [9.17, 15) is 26.4 Å². The standard InChI is InChI=1S/C20H21F3N4O3S/c1-3-26(4-2)31(29,30)15-9-7-8-14(12-15)24-18(28)13-27-17-11-6-5-10-16(17)25-19(27)20(21,22)23/h5-12H,3-4,13H2,1-2H3,(H,24,28). The summed E-state index contributed by atoms with van der Waals surface area (Å²) >= 11 is 0. The number of sulfonamides is 1. The summed E-state index contributed by atoms with van der Waals surface area (Å²) in [5, 5.41) is 2.47. The number of fused-ring (bicyclic) bond motifs is 1. The number of halogens is 3. The van der Waals surface area contributed by atoms with Crippen LogP contribution in [-0.4, -0.2) is 41.3 Å². The number of para-hydroxylation sites is 2. The Morgan fingerprint density at radius 2 is 1.77 bits per heavy atom. The van der Waals surface area contributed by atoms with Crippen molar-refractivity contribution in [1.29, 1.82) is 0 Å². The molecule has 0 aliphatic heterocycles. The van der Waals surface area contributed by atoms with E-state index in [0.29, 0.717) is 0 Å². The van der Waals surface area contributed by atoms with Gasteiger partial charge in [-0.15, -0.1) is 0 Å². The molecule has 3 rings (SSSR count). The summed E-state index contributed by atoms with van der Waals surface area (Å²) in [7, 11) is -3.75. The Morgan fingerprint density at radius 1 is 1.10 bits per heavy atom. The number of aromatic nitrogens is 2. The normalized spacial score (nSPS) is 12.5. The van der Waals surface area contributed by atoms with E-state index in [2.05, 4.69) is 10.3 Å². The van der Waals surface area contributed by atoms with Crippen molar-refractivity contribution >= 4 is 32.7 Å². The summed E-state index contributed by atoms with van der Waals surface area (Å²) in [6.07, 6.45) is -4.74. The second-order valence-corrected chi connectivity index (χ2v) is 8.61. The van der Waals surface area contributed by atoms with Gasteiger partial charge in [0, 0.05) is 18.8 Å². The van der Waals surface area contributed by atoms with Crippen molar-refractivity contribution in [1.82, 2.24) is 13.9 Å². The monoisotopic (exact) mass is 454 g/mol. The third kappa shape index (κ3) is 4.72. The second kappa shape index (κ2) is 8.67. The van der Waals surface area contributed by atoms with Gasteiger partial charge in [0.25, 0.3) is 0 Å². The molecule has 0 saturated carbocycles. The fourth-order valence-electron chi connectivity index (χ4n) is 3.24. The molecule has 0 aliphatic carbocycles. The number of benzene rings is 2. The highest BCUT2D eigenvalue weighted by molar-refractivity contribution is 7.89. The molecule has 2 aromatic carbocycles. The molecule has 0 fully saturated rings. The molecule has 0 saturated heterocycles. The molecule has 31 heavy (non-hydrogen) atoms. The highest BCUT2D eigenvalue weighted by Gasteiger charge is 2.38. The molecule has 11 heteroatoms. The minimum absolute atomic E-state index is 0.0157. The average Bonchev–Trinajstić information content (AvgIpc) is 3.08. The van der Waals surface area contributed by atoms with Gasteiger partial charge < -0.3 is 9.88 Å². The molecular weight excluding hydrogens is 433 g/mol. The van der Waals surface area contributed by atoms with Crippen molar-refractivity contribution in [3.63, 3.8) is 0 Å². The van der Waals surface area contributed by atoms with Crippen LogP contribution >= 0.6 is 0 Å². The first-order chi connectivity index (χ1) is 14.6. The molecule has 0 aliphatic rings. The fourth-order valence-corrected chi connectivity index (χ4v) is 4.75. The van der Waals surface area contributed by atoms with Gasteiger partial charge in [0.2, 0.25) is 21.8 Å². The fraction of sp³-hybridized carbons (Fsp3) is 0.300. The van der Waals surface area contributed by atoms with Gasteiger partial charge in [-0.2, -0.15) is 17.5 Å². The summed E-state index contributed by atoms with van der Waals surface area (Å²) < 4.78 is 67.6. The van der Waals surface area contributed by atoms with Gasteiger partial charge in [-0.25, -0.2) is 13.4 Å². The average molecular weight is 454 g/mol. The summed E-state index contributed by atoms with van der Waals surface area (Å²) in [4.78, 5) is 16.1. The van der Waals surface area contributed by atoms with E-state index in [-0.39, 0.29) is 34.7 Å². The van der Waals surface area contributed by atoms with Crippen LogP contribution in [0.4, 0.5) is 18.9 Å². The lowest BCUT2D eigenvalue weighted by molar-refractivity contribution is -0.147. The van der Waals surface area contributed by atoms with Gasteiger partial charge in [0.05, 0.1) is 15.9 Å². The van der Waals surface area contributed by atoms with E-state index < -0.39 is 34.5 Å². The highest BCUT2D eigenvalue weighted by atomic mass is 32.2. The van der Waals surface area contributed by atoms with Crippen molar-refractivity contribution in [2.45, 2.75) is 31.5 Å². The van der Waals surface area contributed by atoms with E-state index >= 15 is 0 Å². The lowest BCUT2D eigenvalue weighted by atomic mass is 10.3. The number of imidazole rings is 1. The van der Waals surface area contributed by atoms with Gasteiger partial charge in [-0.05, 0) is 30.3 Å². The summed E-state index contributed by atoms with van der Waals surface area (Å²) in [5.41, 5.74) is 0.453. The SMILES string of the molecule is CCN(CC)S(=O)(=O)c1cccc(NC(=O)Cn2c(C(F)(F)F)nc3ccccc32)c1. The Morgan fingerprint density at radius 3 is 2.42 bits per heavy atom. The van der Waals surface area contributed by atoms with E-state index in [1.54, 1.807) is 26.0 Å². The molecular formula is C20H21F3N4O3S. The predicted molar refractivity (Wildman–Crippen MR) is 110 cm³/mol. The lowest BCUT2D eigenvalue weighted by Gasteiger charge is -2.19. The molecule has 1 amide bonds. The summed E-state index contributed by atoms with van der Waals surface area (Å²) in [6.45, 7) is 3.34. The Hall–Kier alpha value is -2.92. The number of rotatable bonds is 7. The topological polar surface area (TPSA) is 84.3 Å². The second-order valence-electron chi connectivity index (χ2n) is 6.67. The van der Waals surface area contributed by atoms with Crippen molar-refractivity contribution < 1.29 is 26.4 Å². The number of hydrogen-bond donors (Lipinski definition) is 1. The van der Waals surface area contributed by atoms with E-state index in [1.807, 2.05) is 0 Å². The van der Waals surface area contributed by atoms with Crippen molar-refractivity contribution in [3.8, 4) is 0 Å². The molecule has 1 N–H and O–H groups in total. The predicted octanol–water partition coefficient (Wildman–Crippen LogP) is 3.72. The van der Waals surface area contributed by atoms with Crippen LogP contribution in [0.15, 0.2) is 53.4 Å². The number of carbonyl (C=O) groups excluding carboxylic acids is 1. The molecule has 3 aromatic rings. The van der Waals surface area contributed by atoms with E-state index in [1.165, 1.54) is 40.7 Å². The first-order valence-electron chi connectivity index (χ1n) is 9.50. The highest BCUT2D eigenvalue weighted by Crippen LogP contribution is 2.31. The van der Waals surface area contributed by atoms with Crippen LogP contribution in [0.1, 0.15) is 19.7 Å².